The highest BCUT2D eigenvalue weighted by molar-refractivity contribution is 8.14. The van der Waals surface area contributed by atoms with E-state index in [1.54, 1.807) is 17.8 Å². The summed E-state index contributed by atoms with van der Waals surface area (Å²) in [6.07, 6.45) is 2.02. The number of nitriles is 1. The zero-order valence-corrected chi connectivity index (χ0v) is 11.9. The van der Waals surface area contributed by atoms with Gasteiger partial charge in [-0.25, -0.2) is 4.39 Å². The van der Waals surface area contributed by atoms with Crippen LogP contribution in [0.15, 0.2) is 23.2 Å². The van der Waals surface area contributed by atoms with Crippen LogP contribution in [-0.4, -0.2) is 16.5 Å². The minimum Gasteiger partial charge on any atom is -0.335 e. The molecule has 0 bridgehead atoms. The Balaban J connectivity index is 2.17. The second-order valence-electron chi connectivity index (χ2n) is 4.57. The molecule has 5 heteroatoms. The zero-order valence-electron chi connectivity index (χ0n) is 11.0. The molecule has 0 aromatic heterocycles. The van der Waals surface area contributed by atoms with Crippen LogP contribution in [0.1, 0.15) is 32.3 Å². The molecule has 0 radical (unpaired) electrons. The summed E-state index contributed by atoms with van der Waals surface area (Å²) in [5.74, 6) is 0.472. The van der Waals surface area contributed by atoms with Gasteiger partial charge >= 0.3 is 0 Å². The summed E-state index contributed by atoms with van der Waals surface area (Å²) >= 11 is 1.67. The van der Waals surface area contributed by atoms with Gasteiger partial charge in [0.15, 0.2) is 5.17 Å². The first-order valence-electron chi connectivity index (χ1n) is 6.32. The van der Waals surface area contributed by atoms with Crippen LogP contribution in [0, 0.1) is 17.1 Å². The van der Waals surface area contributed by atoms with Gasteiger partial charge in [0.2, 0.25) is 0 Å². The van der Waals surface area contributed by atoms with E-state index in [2.05, 4.69) is 19.2 Å². The van der Waals surface area contributed by atoms with Crippen molar-refractivity contribution in [2.75, 3.05) is 11.1 Å². The Bertz CT molecular complexity index is 544. The predicted molar refractivity (Wildman–Crippen MR) is 77.9 cm³/mol. The number of rotatable bonds is 3. The quantitative estimate of drug-likeness (QED) is 0.914. The van der Waals surface area contributed by atoms with Crippen LogP contribution in [0.5, 0.6) is 0 Å². The van der Waals surface area contributed by atoms with E-state index in [1.807, 2.05) is 6.07 Å². The maximum Gasteiger partial charge on any atom is 0.161 e. The van der Waals surface area contributed by atoms with Gasteiger partial charge in [-0.15, -0.1) is 0 Å². The molecule has 1 N–H and O–H groups in total. The highest BCUT2D eigenvalue weighted by atomic mass is 32.2. The highest BCUT2D eigenvalue weighted by Gasteiger charge is 2.32. The van der Waals surface area contributed by atoms with Crippen LogP contribution in [0.4, 0.5) is 10.1 Å². The Hall–Kier alpha value is -1.54. The third-order valence-corrected chi connectivity index (χ3v) is 4.62. The monoisotopic (exact) mass is 277 g/mol. The largest absolute Gasteiger partial charge is 0.335 e. The number of thioether (sulfide) groups is 1. The van der Waals surface area contributed by atoms with Crippen molar-refractivity contribution >= 4 is 22.6 Å². The number of aliphatic imine (C=N–C) groups is 1. The third kappa shape index (κ3) is 2.90. The summed E-state index contributed by atoms with van der Waals surface area (Å²) in [6.45, 7) is 4.28. The Morgan fingerprint density at radius 1 is 1.47 bits per heavy atom. The Kier molecular flexibility index (Phi) is 4.11. The minimum absolute atomic E-state index is 0.0189. The van der Waals surface area contributed by atoms with Crippen molar-refractivity contribution in [1.29, 1.82) is 5.26 Å². The zero-order chi connectivity index (χ0) is 13.9. The Morgan fingerprint density at radius 3 is 2.79 bits per heavy atom. The van der Waals surface area contributed by atoms with Gasteiger partial charge in [0.25, 0.3) is 0 Å². The summed E-state index contributed by atoms with van der Waals surface area (Å²) in [4.78, 5) is 4.72. The van der Waals surface area contributed by atoms with Crippen LogP contribution in [-0.2, 0) is 0 Å². The maximum atomic E-state index is 13.2. The fourth-order valence-corrected chi connectivity index (χ4v) is 3.30. The molecule has 0 fully saturated rings. The van der Waals surface area contributed by atoms with Crippen LogP contribution in [0.25, 0.3) is 0 Å². The molecule has 19 heavy (non-hydrogen) atoms. The standard InChI is InChI=1S/C14H16FN3S/c1-3-14(4-2)9-19-13(18-14)17-11-5-6-12(15)10(7-11)8-16/h5-7H,3-4,9H2,1-2H3,(H,17,18). The molecule has 1 aromatic carbocycles. The molecule has 3 nitrogen and oxygen atoms in total. The second kappa shape index (κ2) is 5.62. The lowest BCUT2D eigenvalue weighted by Gasteiger charge is -2.20. The third-order valence-electron chi connectivity index (χ3n) is 3.47. The van der Waals surface area contributed by atoms with Crippen LogP contribution >= 0.6 is 11.8 Å². The maximum absolute atomic E-state index is 13.2. The van der Waals surface area contributed by atoms with E-state index < -0.39 is 5.82 Å². The smallest absolute Gasteiger partial charge is 0.161 e. The van der Waals surface area contributed by atoms with Gasteiger partial charge in [-0.2, -0.15) is 5.26 Å². The van der Waals surface area contributed by atoms with E-state index in [1.165, 1.54) is 12.1 Å². The lowest BCUT2D eigenvalue weighted by Crippen LogP contribution is -2.24. The fourth-order valence-electron chi connectivity index (χ4n) is 1.97. The van der Waals surface area contributed by atoms with Crippen molar-refractivity contribution in [3.8, 4) is 6.07 Å². The number of hydrogen-bond acceptors (Lipinski definition) is 4. The average Bonchev–Trinajstić information content (AvgIpc) is 2.85. The van der Waals surface area contributed by atoms with Gasteiger partial charge in [-0.05, 0) is 31.0 Å². The van der Waals surface area contributed by atoms with E-state index in [9.17, 15) is 4.39 Å². The van der Waals surface area contributed by atoms with E-state index in [4.69, 9.17) is 10.3 Å². The molecule has 2 rings (SSSR count). The van der Waals surface area contributed by atoms with Crippen LogP contribution in [0.2, 0.25) is 0 Å². The normalized spacial score (nSPS) is 16.8. The van der Waals surface area contributed by atoms with E-state index in [0.717, 1.165) is 23.8 Å². The number of nitrogens with zero attached hydrogens (tertiary/aromatic N) is 2. The Morgan fingerprint density at radius 2 is 2.21 bits per heavy atom. The molecule has 1 aliphatic rings. The number of anilines is 1. The summed E-state index contributed by atoms with van der Waals surface area (Å²) in [7, 11) is 0. The SMILES string of the molecule is CCC1(CC)CSC(Nc2ccc(F)c(C#N)c2)=N1. The molecule has 100 valence electrons. The van der Waals surface area contributed by atoms with Gasteiger partial charge in [-0.3, -0.25) is 4.99 Å². The van der Waals surface area contributed by atoms with Gasteiger partial charge in [0.1, 0.15) is 11.9 Å². The highest BCUT2D eigenvalue weighted by Crippen LogP contribution is 2.33. The van der Waals surface area contributed by atoms with Crippen molar-refractivity contribution in [2.45, 2.75) is 32.2 Å². The van der Waals surface area contributed by atoms with Gasteiger partial charge < -0.3 is 5.32 Å². The summed E-state index contributed by atoms with van der Waals surface area (Å²) < 4.78 is 13.2. The summed E-state index contributed by atoms with van der Waals surface area (Å²) in [5.41, 5.74) is 0.767. The van der Waals surface area contributed by atoms with Crippen molar-refractivity contribution < 1.29 is 4.39 Å². The molecular formula is C14H16FN3S. The molecular weight excluding hydrogens is 261 g/mol. The molecule has 1 heterocycles. The van der Waals surface area contributed by atoms with Crippen LogP contribution < -0.4 is 5.32 Å². The first-order chi connectivity index (χ1) is 9.12. The average molecular weight is 277 g/mol. The molecule has 0 spiro atoms. The van der Waals surface area contributed by atoms with Crippen molar-refractivity contribution in [2.24, 2.45) is 4.99 Å². The fraction of sp³-hybridized carbons (Fsp3) is 0.429. The number of amidine groups is 1. The molecule has 0 saturated carbocycles. The number of benzene rings is 1. The van der Waals surface area contributed by atoms with Crippen molar-refractivity contribution in [1.82, 2.24) is 0 Å². The molecule has 0 amide bonds. The van der Waals surface area contributed by atoms with Gasteiger partial charge in [0, 0.05) is 11.4 Å². The van der Waals surface area contributed by atoms with E-state index in [-0.39, 0.29) is 11.1 Å². The topological polar surface area (TPSA) is 48.2 Å². The molecule has 0 aliphatic carbocycles. The van der Waals surface area contributed by atoms with Crippen molar-refractivity contribution in [3.05, 3.63) is 29.6 Å². The molecule has 1 aliphatic heterocycles. The first kappa shape index (κ1) is 13.9. The summed E-state index contributed by atoms with van der Waals surface area (Å²) in [5, 5.41) is 12.8. The first-order valence-corrected chi connectivity index (χ1v) is 7.30. The number of halogens is 1. The second-order valence-corrected chi connectivity index (χ2v) is 5.53. The van der Waals surface area contributed by atoms with E-state index >= 15 is 0 Å². The molecule has 1 aromatic rings. The number of nitrogens with one attached hydrogen (secondary N) is 1. The Labute approximate surface area is 116 Å². The lowest BCUT2D eigenvalue weighted by atomic mass is 9.97. The molecule has 0 unspecified atom stereocenters. The van der Waals surface area contributed by atoms with E-state index in [0.29, 0.717) is 5.69 Å². The summed E-state index contributed by atoms with van der Waals surface area (Å²) in [6, 6.07) is 6.27. The lowest BCUT2D eigenvalue weighted by molar-refractivity contribution is 0.456. The van der Waals surface area contributed by atoms with Gasteiger partial charge in [-0.1, -0.05) is 25.6 Å². The predicted octanol–water partition coefficient (Wildman–Crippen LogP) is 3.77. The van der Waals surface area contributed by atoms with Crippen LogP contribution in [0.3, 0.4) is 0 Å². The van der Waals surface area contributed by atoms with Crippen molar-refractivity contribution in [3.63, 3.8) is 0 Å². The van der Waals surface area contributed by atoms with Gasteiger partial charge in [0.05, 0.1) is 11.1 Å². The minimum atomic E-state index is -0.495. The molecule has 0 atom stereocenters. The number of hydrogen-bond donors (Lipinski definition) is 1. The molecule has 0 saturated heterocycles.